The molecule has 1 N–H and O–H groups in total. The third-order valence-electron chi connectivity index (χ3n) is 3.66. The maximum atomic E-state index is 12.3. The Labute approximate surface area is 144 Å². The van der Waals surface area contributed by atoms with Gasteiger partial charge in [-0.1, -0.05) is 29.3 Å². The molecule has 1 aliphatic heterocycles. The molecule has 3 rings (SSSR count). The first-order chi connectivity index (χ1) is 11.1. The van der Waals surface area contributed by atoms with Crippen LogP contribution in [0.4, 0.5) is 11.4 Å². The van der Waals surface area contributed by atoms with E-state index in [-0.39, 0.29) is 5.91 Å². The fourth-order valence-corrected chi connectivity index (χ4v) is 2.81. The van der Waals surface area contributed by atoms with Crippen LogP contribution in [0, 0.1) is 0 Å². The molecule has 0 unspecified atom stereocenters. The van der Waals surface area contributed by atoms with Gasteiger partial charge in [0.2, 0.25) is 0 Å². The maximum absolute atomic E-state index is 12.3. The number of anilines is 2. The number of nitrogens with zero attached hydrogens (tertiary/aromatic N) is 1. The third-order valence-corrected chi connectivity index (χ3v) is 4.23. The molecule has 0 atom stereocenters. The fraction of sp³-hybridized carbons (Fsp3) is 0.235. The molecule has 1 aliphatic rings. The molecular formula is C17H16Cl2N2O2. The Hall–Kier alpha value is -1.75. The van der Waals surface area contributed by atoms with E-state index in [1.165, 1.54) is 0 Å². The number of benzene rings is 2. The minimum absolute atomic E-state index is 0.242. The molecule has 0 bridgehead atoms. The molecule has 1 amide bonds. The highest BCUT2D eigenvalue weighted by Gasteiger charge is 2.14. The summed E-state index contributed by atoms with van der Waals surface area (Å²) in [4.78, 5) is 14.5. The average molecular weight is 351 g/mol. The largest absolute Gasteiger partial charge is 0.378 e. The van der Waals surface area contributed by atoms with Crippen molar-refractivity contribution in [2.45, 2.75) is 0 Å². The Morgan fingerprint density at radius 3 is 2.61 bits per heavy atom. The number of rotatable bonds is 3. The molecule has 0 aromatic heterocycles. The molecule has 0 saturated carbocycles. The van der Waals surface area contributed by atoms with Crippen LogP contribution in [0.15, 0.2) is 42.5 Å². The van der Waals surface area contributed by atoms with E-state index in [4.69, 9.17) is 27.9 Å². The monoisotopic (exact) mass is 350 g/mol. The quantitative estimate of drug-likeness (QED) is 0.906. The second-order valence-electron chi connectivity index (χ2n) is 5.23. The Morgan fingerprint density at radius 1 is 1.09 bits per heavy atom. The van der Waals surface area contributed by atoms with E-state index in [2.05, 4.69) is 10.2 Å². The second-order valence-corrected chi connectivity index (χ2v) is 6.07. The van der Waals surface area contributed by atoms with E-state index in [1.54, 1.807) is 30.3 Å². The van der Waals surface area contributed by atoms with E-state index >= 15 is 0 Å². The minimum Gasteiger partial charge on any atom is -0.378 e. The van der Waals surface area contributed by atoms with Gasteiger partial charge in [-0.05, 0) is 36.4 Å². The summed E-state index contributed by atoms with van der Waals surface area (Å²) in [7, 11) is 0. The van der Waals surface area contributed by atoms with Crippen LogP contribution in [0.25, 0.3) is 0 Å². The van der Waals surface area contributed by atoms with E-state index in [1.807, 2.05) is 12.1 Å². The Kier molecular flexibility index (Phi) is 5.06. The summed E-state index contributed by atoms with van der Waals surface area (Å²) >= 11 is 12.1. The van der Waals surface area contributed by atoms with Crippen LogP contribution in [-0.4, -0.2) is 32.2 Å². The number of amides is 1. The van der Waals surface area contributed by atoms with Gasteiger partial charge in [0.25, 0.3) is 5.91 Å². The lowest BCUT2D eigenvalue weighted by atomic mass is 10.2. The number of morpholine rings is 1. The van der Waals surface area contributed by atoms with E-state index in [9.17, 15) is 4.79 Å². The van der Waals surface area contributed by atoms with Gasteiger partial charge in [-0.15, -0.1) is 0 Å². The fourth-order valence-electron chi connectivity index (χ4n) is 2.45. The Morgan fingerprint density at radius 2 is 1.87 bits per heavy atom. The van der Waals surface area contributed by atoms with Crippen LogP contribution in [0.1, 0.15) is 10.4 Å². The van der Waals surface area contributed by atoms with E-state index in [0.717, 1.165) is 18.8 Å². The van der Waals surface area contributed by atoms with Crippen molar-refractivity contribution in [3.63, 3.8) is 0 Å². The minimum atomic E-state index is -0.242. The lowest BCUT2D eigenvalue weighted by Crippen LogP contribution is -2.36. The molecule has 0 radical (unpaired) electrons. The van der Waals surface area contributed by atoms with Gasteiger partial charge in [-0.25, -0.2) is 0 Å². The predicted octanol–water partition coefficient (Wildman–Crippen LogP) is 4.08. The molecule has 2 aromatic rings. The molecule has 120 valence electrons. The zero-order chi connectivity index (χ0) is 16.2. The van der Waals surface area contributed by atoms with Crippen LogP contribution < -0.4 is 10.2 Å². The molecule has 1 heterocycles. The molecule has 1 fully saturated rings. The summed E-state index contributed by atoms with van der Waals surface area (Å²) in [6.45, 7) is 3.05. The summed E-state index contributed by atoms with van der Waals surface area (Å²) in [5, 5.41) is 3.86. The summed E-state index contributed by atoms with van der Waals surface area (Å²) in [6, 6.07) is 12.4. The number of nitrogens with one attached hydrogen (secondary N) is 1. The van der Waals surface area contributed by atoms with Gasteiger partial charge in [0.15, 0.2) is 0 Å². The summed E-state index contributed by atoms with van der Waals surface area (Å²) in [6.07, 6.45) is 0. The van der Waals surface area contributed by atoms with Crippen molar-refractivity contribution in [3.8, 4) is 0 Å². The number of halogens is 2. The van der Waals surface area contributed by atoms with Crippen molar-refractivity contribution < 1.29 is 9.53 Å². The van der Waals surface area contributed by atoms with Crippen LogP contribution in [0.3, 0.4) is 0 Å². The van der Waals surface area contributed by atoms with Crippen molar-refractivity contribution in [3.05, 3.63) is 58.1 Å². The van der Waals surface area contributed by atoms with Crippen molar-refractivity contribution >= 4 is 40.5 Å². The predicted molar refractivity (Wildman–Crippen MR) is 93.9 cm³/mol. The number of carbonyl (C=O) groups excluding carboxylic acids is 1. The smallest absolute Gasteiger partial charge is 0.255 e. The van der Waals surface area contributed by atoms with Gasteiger partial charge >= 0.3 is 0 Å². The number of ether oxygens (including phenoxy) is 1. The molecular weight excluding hydrogens is 335 g/mol. The van der Waals surface area contributed by atoms with Gasteiger partial charge < -0.3 is 15.0 Å². The topological polar surface area (TPSA) is 41.6 Å². The Bertz CT molecular complexity index is 715. The van der Waals surface area contributed by atoms with Crippen molar-refractivity contribution in [1.29, 1.82) is 0 Å². The molecule has 6 heteroatoms. The first-order valence-electron chi connectivity index (χ1n) is 7.32. The van der Waals surface area contributed by atoms with Gasteiger partial charge in [-0.2, -0.15) is 0 Å². The summed E-state index contributed by atoms with van der Waals surface area (Å²) in [5.41, 5.74) is 2.09. The highest BCUT2D eigenvalue weighted by molar-refractivity contribution is 6.34. The highest BCUT2D eigenvalue weighted by atomic mass is 35.5. The zero-order valence-corrected chi connectivity index (χ0v) is 13.9. The van der Waals surface area contributed by atoms with E-state index in [0.29, 0.717) is 34.5 Å². The summed E-state index contributed by atoms with van der Waals surface area (Å²) < 4.78 is 5.36. The molecule has 1 saturated heterocycles. The van der Waals surface area contributed by atoms with Crippen molar-refractivity contribution in [2.75, 3.05) is 36.5 Å². The second kappa shape index (κ2) is 7.21. The van der Waals surface area contributed by atoms with Gasteiger partial charge in [0.1, 0.15) is 0 Å². The lowest BCUT2D eigenvalue weighted by Gasteiger charge is -2.29. The lowest BCUT2D eigenvalue weighted by molar-refractivity contribution is 0.102. The van der Waals surface area contributed by atoms with Gasteiger partial charge in [0.05, 0.1) is 23.9 Å². The normalized spacial score (nSPS) is 14.6. The van der Waals surface area contributed by atoms with Crippen LogP contribution in [0.2, 0.25) is 10.0 Å². The number of hydrogen-bond acceptors (Lipinski definition) is 3. The highest BCUT2D eigenvalue weighted by Crippen LogP contribution is 2.28. The third kappa shape index (κ3) is 3.96. The van der Waals surface area contributed by atoms with Crippen LogP contribution in [0.5, 0.6) is 0 Å². The SMILES string of the molecule is O=C(Nc1cc(N2CCOCC2)ccc1Cl)c1cccc(Cl)c1. The van der Waals surface area contributed by atoms with Gasteiger partial charge in [-0.3, -0.25) is 4.79 Å². The van der Waals surface area contributed by atoms with Crippen LogP contribution in [-0.2, 0) is 4.74 Å². The average Bonchev–Trinajstić information content (AvgIpc) is 2.57. The molecule has 0 aliphatic carbocycles. The maximum Gasteiger partial charge on any atom is 0.255 e. The molecule has 23 heavy (non-hydrogen) atoms. The molecule has 2 aromatic carbocycles. The van der Waals surface area contributed by atoms with E-state index < -0.39 is 0 Å². The van der Waals surface area contributed by atoms with Crippen LogP contribution >= 0.6 is 23.2 Å². The Balaban J connectivity index is 1.80. The molecule has 0 spiro atoms. The van der Waals surface area contributed by atoms with Crippen molar-refractivity contribution in [1.82, 2.24) is 0 Å². The first-order valence-corrected chi connectivity index (χ1v) is 8.08. The standard InChI is InChI=1S/C17H16Cl2N2O2/c18-13-3-1-2-12(10-13)17(22)20-16-11-14(4-5-15(16)19)21-6-8-23-9-7-21/h1-5,10-11H,6-9H2,(H,20,22). The molecule has 4 nitrogen and oxygen atoms in total. The van der Waals surface area contributed by atoms with Crippen molar-refractivity contribution in [2.24, 2.45) is 0 Å². The zero-order valence-electron chi connectivity index (χ0n) is 12.4. The summed E-state index contributed by atoms with van der Waals surface area (Å²) in [5.74, 6) is -0.242. The first kappa shape index (κ1) is 16.1. The van der Waals surface area contributed by atoms with Gasteiger partial charge in [0, 0.05) is 29.4 Å². The number of carbonyl (C=O) groups is 1. The number of hydrogen-bond donors (Lipinski definition) is 1.